The van der Waals surface area contributed by atoms with Crippen molar-refractivity contribution in [2.45, 2.75) is 27.7 Å². The molecule has 5 heteroatoms. The molecule has 2 heterocycles. The molecule has 0 aliphatic rings. The van der Waals surface area contributed by atoms with Gasteiger partial charge in [0.1, 0.15) is 17.1 Å². The van der Waals surface area contributed by atoms with Gasteiger partial charge < -0.3 is 9.15 Å². The van der Waals surface area contributed by atoms with Crippen molar-refractivity contribution in [2.24, 2.45) is 4.99 Å². The van der Waals surface area contributed by atoms with Crippen LogP contribution in [0.1, 0.15) is 21.7 Å². The Morgan fingerprint density at radius 2 is 1.75 bits per heavy atom. The molecule has 4 aromatic rings. The van der Waals surface area contributed by atoms with E-state index in [0.29, 0.717) is 0 Å². The number of rotatable bonds is 3. The van der Waals surface area contributed by atoms with Crippen molar-refractivity contribution in [1.29, 1.82) is 0 Å². The summed E-state index contributed by atoms with van der Waals surface area (Å²) < 4.78 is 11.5. The number of nitrogens with zero attached hydrogens (tertiary/aromatic N) is 2. The second kappa shape index (κ2) is 7.24. The molecule has 0 spiro atoms. The van der Waals surface area contributed by atoms with Gasteiger partial charge in [-0.05, 0) is 69.2 Å². The molecule has 28 heavy (non-hydrogen) atoms. The highest BCUT2D eigenvalue weighted by Gasteiger charge is 2.10. The second-order valence-electron chi connectivity index (χ2n) is 6.93. The molecule has 0 saturated heterocycles. The van der Waals surface area contributed by atoms with Crippen LogP contribution in [0.4, 0.5) is 5.13 Å². The van der Waals surface area contributed by atoms with Gasteiger partial charge in [-0.3, -0.25) is 0 Å². The SMILES string of the molecule is COc1ccc(-c2cc(=Nc3nc(C)c(C)s3)c3c(C)cc(C)cc3o2)cc1. The van der Waals surface area contributed by atoms with E-state index in [4.69, 9.17) is 14.1 Å². The predicted octanol–water partition coefficient (Wildman–Crippen LogP) is 6.03. The Morgan fingerprint density at radius 3 is 2.39 bits per heavy atom. The van der Waals surface area contributed by atoms with Crippen LogP contribution in [-0.2, 0) is 0 Å². The fourth-order valence-electron chi connectivity index (χ4n) is 3.27. The van der Waals surface area contributed by atoms with Crippen LogP contribution in [0, 0.1) is 27.7 Å². The molecular formula is C23H22N2O2S. The Bertz CT molecular complexity index is 1210. The minimum absolute atomic E-state index is 0.767. The van der Waals surface area contributed by atoms with Gasteiger partial charge in [-0.1, -0.05) is 17.4 Å². The minimum atomic E-state index is 0.767. The molecule has 0 amide bonds. The molecule has 0 atom stereocenters. The summed E-state index contributed by atoms with van der Waals surface area (Å²) in [6.07, 6.45) is 0. The number of ether oxygens (including phenoxy) is 1. The van der Waals surface area contributed by atoms with Crippen LogP contribution in [0.3, 0.4) is 0 Å². The molecule has 0 radical (unpaired) electrons. The number of benzene rings is 2. The van der Waals surface area contributed by atoms with Crippen LogP contribution in [0.5, 0.6) is 5.75 Å². The lowest BCUT2D eigenvalue weighted by Crippen LogP contribution is -2.05. The van der Waals surface area contributed by atoms with Crippen molar-refractivity contribution in [3.05, 3.63) is 69.5 Å². The van der Waals surface area contributed by atoms with E-state index in [1.165, 1.54) is 4.88 Å². The fourth-order valence-corrected chi connectivity index (χ4v) is 4.07. The summed E-state index contributed by atoms with van der Waals surface area (Å²) in [7, 11) is 1.66. The summed E-state index contributed by atoms with van der Waals surface area (Å²) in [6, 6.07) is 14.1. The van der Waals surface area contributed by atoms with E-state index < -0.39 is 0 Å². The maximum absolute atomic E-state index is 6.27. The molecule has 2 aromatic carbocycles. The van der Waals surface area contributed by atoms with Gasteiger partial charge in [0.15, 0.2) is 0 Å². The highest BCUT2D eigenvalue weighted by Crippen LogP contribution is 2.28. The van der Waals surface area contributed by atoms with Gasteiger partial charge in [0, 0.05) is 21.9 Å². The minimum Gasteiger partial charge on any atom is -0.497 e. The zero-order valence-corrected chi connectivity index (χ0v) is 17.5. The molecule has 0 saturated carbocycles. The number of aryl methyl sites for hydroxylation is 4. The molecule has 0 fully saturated rings. The van der Waals surface area contributed by atoms with Crippen LogP contribution in [0.25, 0.3) is 22.3 Å². The number of hydrogen-bond donors (Lipinski definition) is 0. The van der Waals surface area contributed by atoms with E-state index in [9.17, 15) is 0 Å². The molecule has 142 valence electrons. The largest absolute Gasteiger partial charge is 0.497 e. The topological polar surface area (TPSA) is 47.6 Å². The summed E-state index contributed by atoms with van der Waals surface area (Å²) in [6.45, 7) is 8.25. The van der Waals surface area contributed by atoms with Crippen LogP contribution in [0.2, 0.25) is 0 Å². The highest BCUT2D eigenvalue weighted by atomic mass is 32.1. The molecule has 0 aliphatic carbocycles. The Labute approximate surface area is 168 Å². The molecule has 2 aromatic heterocycles. The molecule has 0 N–H and O–H groups in total. The third-order valence-electron chi connectivity index (χ3n) is 4.80. The number of aromatic nitrogens is 1. The molecule has 4 rings (SSSR count). The third kappa shape index (κ3) is 3.45. The number of fused-ring (bicyclic) bond motifs is 1. The van der Waals surface area contributed by atoms with E-state index in [-0.39, 0.29) is 0 Å². The van der Waals surface area contributed by atoms with E-state index in [1.54, 1.807) is 18.4 Å². The Balaban J connectivity index is 2.00. The van der Waals surface area contributed by atoms with E-state index in [1.807, 2.05) is 37.3 Å². The van der Waals surface area contributed by atoms with Crippen LogP contribution >= 0.6 is 11.3 Å². The number of thiazole rings is 1. The zero-order chi connectivity index (χ0) is 19.8. The lowest BCUT2D eigenvalue weighted by atomic mass is 10.0. The van der Waals surface area contributed by atoms with Gasteiger partial charge in [-0.2, -0.15) is 0 Å². The van der Waals surface area contributed by atoms with Gasteiger partial charge in [0.25, 0.3) is 0 Å². The summed E-state index contributed by atoms with van der Waals surface area (Å²) in [5, 5.41) is 2.66. The van der Waals surface area contributed by atoms with Crippen molar-refractivity contribution < 1.29 is 9.15 Å². The molecule has 0 aliphatic heterocycles. The molecule has 0 bridgehead atoms. The number of methoxy groups -OCH3 is 1. The third-order valence-corrected chi connectivity index (χ3v) is 5.76. The Morgan fingerprint density at radius 1 is 1.00 bits per heavy atom. The standard InChI is InChI=1S/C23H22N2O2S/c1-13-10-14(2)22-19(25-23-24-15(3)16(4)28-23)12-20(27-21(22)11-13)17-6-8-18(26-5)9-7-17/h6-12H,1-5H3. The highest BCUT2D eigenvalue weighted by molar-refractivity contribution is 7.15. The first-order valence-corrected chi connectivity index (χ1v) is 9.94. The first-order valence-electron chi connectivity index (χ1n) is 9.13. The lowest BCUT2D eigenvalue weighted by Gasteiger charge is -2.08. The van der Waals surface area contributed by atoms with Crippen molar-refractivity contribution in [2.75, 3.05) is 7.11 Å². The van der Waals surface area contributed by atoms with Crippen LogP contribution in [-0.4, -0.2) is 12.1 Å². The summed E-state index contributed by atoms with van der Waals surface area (Å²) >= 11 is 1.61. The average Bonchev–Trinajstić information content (AvgIpc) is 2.98. The lowest BCUT2D eigenvalue weighted by molar-refractivity contribution is 0.415. The van der Waals surface area contributed by atoms with Gasteiger partial charge in [0.05, 0.1) is 18.2 Å². The zero-order valence-electron chi connectivity index (χ0n) is 16.7. The van der Waals surface area contributed by atoms with Crippen molar-refractivity contribution in [3.8, 4) is 17.1 Å². The summed E-state index contributed by atoms with van der Waals surface area (Å²) in [4.78, 5) is 10.7. The van der Waals surface area contributed by atoms with Crippen molar-refractivity contribution in [3.63, 3.8) is 0 Å². The van der Waals surface area contributed by atoms with Crippen molar-refractivity contribution >= 4 is 27.4 Å². The maximum atomic E-state index is 6.27. The molecule has 0 unspecified atom stereocenters. The first-order chi connectivity index (χ1) is 13.4. The average molecular weight is 391 g/mol. The first kappa shape index (κ1) is 18.4. The fraction of sp³-hybridized carbons (Fsp3) is 0.217. The predicted molar refractivity (Wildman–Crippen MR) is 114 cm³/mol. The van der Waals surface area contributed by atoms with Gasteiger partial charge in [0.2, 0.25) is 5.13 Å². The van der Waals surface area contributed by atoms with Gasteiger partial charge >= 0.3 is 0 Å². The van der Waals surface area contributed by atoms with E-state index >= 15 is 0 Å². The van der Waals surface area contributed by atoms with Crippen LogP contribution < -0.4 is 10.1 Å². The normalized spacial score (nSPS) is 12.0. The Hall–Kier alpha value is -2.92. The monoisotopic (exact) mass is 390 g/mol. The number of hydrogen-bond acceptors (Lipinski definition) is 5. The maximum Gasteiger partial charge on any atom is 0.210 e. The Kier molecular flexibility index (Phi) is 4.77. The smallest absolute Gasteiger partial charge is 0.210 e. The molecular weight excluding hydrogens is 368 g/mol. The van der Waals surface area contributed by atoms with Gasteiger partial charge in [-0.15, -0.1) is 0 Å². The van der Waals surface area contributed by atoms with Gasteiger partial charge in [-0.25, -0.2) is 9.98 Å². The quantitative estimate of drug-likeness (QED) is 0.429. The summed E-state index contributed by atoms with van der Waals surface area (Å²) in [5.41, 5.74) is 5.13. The van der Waals surface area contributed by atoms with Crippen molar-refractivity contribution in [1.82, 2.24) is 4.98 Å². The van der Waals surface area contributed by atoms with E-state index in [0.717, 1.165) is 55.4 Å². The summed E-state index contributed by atoms with van der Waals surface area (Å²) in [5.74, 6) is 1.58. The van der Waals surface area contributed by atoms with Crippen LogP contribution in [0.15, 0.2) is 51.9 Å². The van der Waals surface area contributed by atoms with E-state index in [2.05, 4.69) is 37.9 Å². The second-order valence-corrected chi connectivity index (χ2v) is 8.11. The molecule has 4 nitrogen and oxygen atoms in total.